The first-order valence-corrected chi connectivity index (χ1v) is 7.82. The zero-order valence-corrected chi connectivity index (χ0v) is 13.8. The minimum atomic E-state index is -3.09. The molecule has 142 valence electrons. The molecule has 1 unspecified atom stereocenters. The van der Waals surface area contributed by atoms with Gasteiger partial charge in [-0.2, -0.15) is 0 Å². The van der Waals surface area contributed by atoms with Crippen LogP contribution in [-0.4, -0.2) is 36.4 Å². The number of aliphatic imine (C=N–C) groups is 1. The highest BCUT2D eigenvalue weighted by atomic mass is 19.3. The van der Waals surface area contributed by atoms with E-state index in [-0.39, 0.29) is 29.3 Å². The van der Waals surface area contributed by atoms with Gasteiger partial charge in [0.05, 0.1) is 12.2 Å². The molecular weight excluding hydrogens is 365 g/mol. The minimum Gasteiger partial charge on any atom is -0.385 e. The summed E-state index contributed by atoms with van der Waals surface area (Å²) in [6, 6.07) is 5.68. The van der Waals surface area contributed by atoms with Gasteiger partial charge in [0, 0.05) is 23.5 Å². The van der Waals surface area contributed by atoms with Crippen LogP contribution in [0.5, 0.6) is 0 Å². The van der Waals surface area contributed by atoms with E-state index in [0.717, 1.165) is 18.2 Å². The summed E-state index contributed by atoms with van der Waals surface area (Å²) in [5.74, 6) is -1.72. The summed E-state index contributed by atoms with van der Waals surface area (Å²) >= 11 is 0. The topological polar surface area (TPSA) is 110 Å². The third-order valence-corrected chi connectivity index (χ3v) is 4.01. The molecule has 27 heavy (non-hydrogen) atoms. The summed E-state index contributed by atoms with van der Waals surface area (Å²) in [4.78, 5) is 29.4. The Hall–Kier alpha value is -3.14. The van der Waals surface area contributed by atoms with Gasteiger partial charge in [-0.25, -0.2) is 13.2 Å². The number of carbonyl (C=O) groups excluding carboxylic acids is 1. The van der Waals surface area contributed by atoms with Crippen molar-refractivity contribution >= 4 is 17.4 Å². The molecule has 0 fully saturated rings. The molecule has 1 aromatic heterocycles. The van der Waals surface area contributed by atoms with E-state index < -0.39 is 35.9 Å². The van der Waals surface area contributed by atoms with E-state index in [4.69, 9.17) is 10.5 Å². The van der Waals surface area contributed by atoms with Gasteiger partial charge in [-0.15, -0.1) is 0 Å². The van der Waals surface area contributed by atoms with Gasteiger partial charge in [0.25, 0.3) is 12.3 Å². The molecule has 0 radical (unpaired) electrons. The van der Waals surface area contributed by atoms with Gasteiger partial charge in [-0.3, -0.25) is 14.6 Å². The molecule has 10 heteroatoms. The maximum atomic E-state index is 14.3. The Morgan fingerprint density at radius 1 is 1.33 bits per heavy atom. The number of hydrogen-bond acceptors (Lipinski definition) is 5. The molecule has 1 aliphatic rings. The standard InChI is InChI=1S/C17H15F3N4O3/c18-12-3-2-10(23-15(26)9-1-4-14(25)22-6-9)5-11(12)17(16(19)20)8-27-7-13(21)24-17/h1-6,16H,7-8H2,(H2,21,24)(H,22,25)(H,23,26). The SMILES string of the molecule is NC1=NC(c2cc(NC(=O)c3ccc(=O)[nH]c3)ccc2F)(C(F)F)COC1. The molecule has 4 N–H and O–H groups in total. The fourth-order valence-electron chi connectivity index (χ4n) is 2.69. The number of nitrogens with zero attached hydrogens (tertiary/aromatic N) is 1. The largest absolute Gasteiger partial charge is 0.385 e. The average Bonchev–Trinajstić information content (AvgIpc) is 2.63. The Labute approximate surface area is 151 Å². The smallest absolute Gasteiger partial charge is 0.269 e. The number of rotatable bonds is 4. The van der Waals surface area contributed by atoms with Crippen LogP contribution in [0.2, 0.25) is 0 Å². The molecule has 2 aromatic rings. The Balaban J connectivity index is 1.96. The fourth-order valence-corrected chi connectivity index (χ4v) is 2.69. The van der Waals surface area contributed by atoms with E-state index in [1.165, 1.54) is 18.3 Å². The highest BCUT2D eigenvalue weighted by molar-refractivity contribution is 6.04. The number of nitrogens with one attached hydrogen (secondary N) is 2. The Morgan fingerprint density at radius 3 is 2.74 bits per heavy atom. The number of aromatic amines is 1. The zero-order valence-electron chi connectivity index (χ0n) is 13.8. The number of carbonyl (C=O) groups is 1. The van der Waals surface area contributed by atoms with Gasteiger partial charge in [-0.05, 0) is 24.3 Å². The average molecular weight is 380 g/mol. The molecule has 0 aliphatic carbocycles. The summed E-state index contributed by atoms with van der Waals surface area (Å²) in [5.41, 5.74) is 2.58. The predicted octanol–water partition coefficient (Wildman–Crippen LogP) is 1.61. The number of H-pyrrole nitrogens is 1. The van der Waals surface area contributed by atoms with Crippen molar-refractivity contribution in [1.82, 2.24) is 4.98 Å². The molecule has 0 spiro atoms. The molecule has 7 nitrogen and oxygen atoms in total. The zero-order chi connectivity index (χ0) is 19.6. The Kier molecular flexibility index (Phi) is 5.00. The Morgan fingerprint density at radius 2 is 2.11 bits per heavy atom. The number of amides is 1. The molecule has 0 saturated heterocycles. The van der Waals surface area contributed by atoms with Crippen molar-refractivity contribution in [2.75, 3.05) is 18.5 Å². The van der Waals surface area contributed by atoms with Crippen molar-refractivity contribution in [3.63, 3.8) is 0 Å². The number of amidine groups is 1. The van der Waals surface area contributed by atoms with Crippen molar-refractivity contribution < 1.29 is 22.7 Å². The fraction of sp³-hybridized carbons (Fsp3) is 0.235. The first-order chi connectivity index (χ1) is 12.8. The van der Waals surface area contributed by atoms with Crippen molar-refractivity contribution in [3.05, 3.63) is 63.8 Å². The van der Waals surface area contributed by atoms with E-state index in [9.17, 15) is 22.8 Å². The summed E-state index contributed by atoms with van der Waals surface area (Å²) in [6.45, 7) is -0.682. The number of halogens is 3. The van der Waals surface area contributed by atoms with Crippen LogP contribution in [0.4, 0.5) is 18.9 Å². The molecule has 1 aromatic carbocycles. The summed E-state index contributed by atoms with van der Waals surface area (Å²) in [6.07, 6.45) is -1.89. The van der Waals surface area contributed by atoms with Crippen molar-refractivity contribution in [3.8, 4) is 0 Å². The van der Waals surface area contributed by atoms with E-state index in [1.54, 1.807) is 0 Å². The van der Waals surface area contributed by atoms with E-state index in [2.05, 4.69) is 15.3 Å². The first-order valence-electron chi connectivity index (χ1n) is 7.82. The maximum Gasteiger partial charge on any atom is 0.269 e. The van der Waals surface area contributed by atoms with E-state index in [0.29, 0.717) is 0 Å². The quantitative estimate of drug-likeness (QED) is 0.749. The molecule has 1 aliphatic heterocycles. The lowest BCUT2D eigenvalue weighted by Crippen LogP contribution is -2.45. The van der Waals surface area contributed by atoms with Gasteiger partial charge in [0.1, 0.15) is 18.3 Å². The molecular formula is C17H15F3N4O3. The number of ether oxygens (including phenoxy) is 1. The van der Waals surface area contributed by atoms with Crippen LogP contribution >= 0.6 is 0 Å². The van der Waals surface area contributed by atoms with Crippen LogP contribution in [0.25, 0.3) is 0 Å². The second kappa shape index (κ2) is 7.23. The van der Waals surface area contributed by atoms with E-state index >= 15 is 0 Å². The van der Waals surface area contributed by atoms with Crippen LogP contribution in [0.15, 0.2) is 46.3 Å². The van der Waals surface area contributed by atoms with Crippen LogP contribution in [-0.2, 0) is 10.3 Å². The van der Waals surface area contributed by atoms with Crippen LogP contribution < -0.4 is 16.6 Å². The summed E-state index contributed by atoms with van der Waals surface area (Å²) in [5, 5.41) is 2.46. The maximum absolute atomic E-state index is 14.3. The van der Waals surface area contributed by atoms with Gasteiger partial charge >= 0.3 is 0 Å². The van der Waals surface area contributed by atoms with Crippen molar-refractivity contribution in [2.45, 2.75) is 12.0 Å². The number of pyridine rings is 1. The van der Waals surface area contributed by atoms with Crippen molar-refractivity contribution in [2.24, 2.45) is 10.7 Å². The summed E-state index contributed by atoms with van der Waals surface area (Å²) in [7, 11) is 0. The Bertz CT molecular complexity index is 940. The number of nitrogens with two attached hydrogens (primary N) is 1. The lowest BCUT2D eigenvalue weighted by atomic mass is 9.90. The number of benzene rings is 1. The van der Waals surface area contributed by atoms with Crippen LogP contribution in [0.1, 0.15) is 15.9 Å². The monoisotopic (exact) mass is 380 g/mol. The lowest BCUT2D eigenvalue weighted by Gasteiger charge is -2.33. The summed E-state index contributed by atoms with van der Waals surface area (Å²) < 4.78 is 46.9. The second-order valence-electron chi connectivity index (χ2n) is 5.91. The normalized spacial score (nSPS) is 19.6. The number of alkyl halides is 2. The predicted molar refractivity (Wildman–Crippen MR) is 91.5 cm³/mol. The minimum absolute atomic E-state index is 0.0713. The highest BCUT2D eigenvalue weighted by Crippen LogP contribution is 2.37. The van der Waals surface area contributed by atoms with Gasteiger partial charge in [0.15, 0.2) is 5.54 Å². The van der Waals surface area contributed by atoms with Crippen LogP contribution in [0.3, 0.4) is 0 Å². The molecule has 1 atom stereocenters. The van der Waals surface area contributed by atoms with Gasteiger partial charge < -0.3 is 20.8 Å². The van der Waals surface area contributed by atoms with Gasteiger partial charge in [0.2, 0.25) is 5.56 Å². The molecule has 2 heterocycles. The van der Waals surface area contributed by atoms with Gasteiger partial charge in [-0.1, -0.05) is 0 Å². The highest BCUT2D eigenvalue weighted by Gasteiger charge is 2.46. The third-order valence-electron chi connectivity index (χ3n) is 4.01. The van der Waals surface area contributed by atoms with Crippen LogP contribution in [0, 0.1) is 5.82 Å². The number of hydrogen-bond donors (Lipinski definition) is 3. The third kappa shape index (κ3) is 3.70. The van der Waals surface area contributed by atoms with Crippen molar-refractivity contribution in [1.29, 1.82) is 0 Å². The number of anilines is 1. The number of aromatic nitrogens is 1. The van der Waals surface area contributed by atoms with E-state index in [1.807, 2.05) is 0 Å². The molecule has 3 rings (SSSR count). The lowest BCUT2D eigenvalue weighted by molar-refractivity contribution is -0.0145. The second-order valence-corrected chi connectivity index (χ2v) is 5.91. The molecule has 0 saturated carbocycles. The molecule has 1 amide bonds. The molecule has 0 bridgehead atoms. The first kappa shape index (κ1) is 18.6.